The van der Waals surface area contributed by atoms with Crippen LogP contribution in [0.25, 0.3) is 0 Å². The van der Waals surface area contributed by atoms with Crippen LogP contribution in [-0.4, -0.2) is 21.5 Å². The Morgan fingerprint density at radius 1 is 1.50 bits per heavy atom. The molecule has 0 amide bonds. The molecule has 0 spiro atoms. The number of ketones is 1. The van der Waals surface area contributed by atoms with Gasteiger partial charge in [-0.3, -0.25) is 4.79 Å². The standard InChI is InChI=1S/C5H8B2O/c1-4(8)5(2-6)3-7/h5H,2-3H2,1H3. The van der Waals surface area contributed by atoms with Crippen molar-refractivity contribution in [3.63, 3.8) is 0 Å². The highest BCUT2D eigenvalue weighted by Gasteiger charge is 2.05. The average Bonchev–Trinajstić information content (AvgIpc) is 1.69. The Balaban J connectivity index is 3.52. The zero-order chi connectivity index (χ0) is 6.57. The molecule has 0 atom stereocenters. The summed E-state index contributed by atoms with van der Waals surface area (Å²) in [5, 5.41) is 0. The van der Waals surface area contributed by atoms with Gasteiger partial charge in [0.2, 0.25) is 0 Å². The first-order chi connectivity index (χ1) is 3.72. The lowest BCUT2D eigenvalue weighted by molar-refractivity contribution is -0.119. The van der Waals surface area contributed by atoms with E-state index in [1.54, 1.807) is 0 Å². The van der Waals surface area contributed by atoms with Gasteiger partial charge in [-0.15, -0.1) is 0 Å². The summed E-state index contributed by atoms with van der Waals surface area (Å²) in [5.74, 6) is -0.0509. The number of carbonyl (C=O) groups excluding carboxylic acids is 1. The molecule has 0 N–H and O–H groups in total. The lowest BCUT2D eigenvalue weighted by atomic mass is 9.80. The molecule has 0 fully saturated rings. The third-order valence-electron chi connectivity index (χ3n) is 1.14. The highest BCUT2D eigenvalue weighted by molar-refractivity contribution is 6.14. The van der Waals surface area contributed by atoms with Gasteiger partial charge < -0.3 is 0 Å². The van der Waals surface area contributed by atoms with Gasteiger partial charge >= 0.3 is 0 Å². The minimum atomic E-state index is -0.130. The molecule has 1 nitrogen and oxygen atoms in total. The number of Topliss-reactive ketones (excluding diaryl/α,β-unsaturated/α-hetero) is 1. The summed E-state index contributed by atoms with van der Waals surface area (Å²) in [4.78, 5) is 10.4. The third-order valence-corrected chi connectivity index (χ3v) is 1.14. The summed E-state index contributed by atoms with van der Waals surface area (Å²) in [6.07, 6.45) is 0.734. The van der Waals surface area contributed by atoms with Crippen LogP contribution in [0.1, 0.15) is 6.92 Å². The molecule has 0 saturated heterocycles. The Kier molecular flexibility index (Phi) is 3.67. The molecule has 0 saturated carbocycles. The van der Waals surface area contributed by atoms with Crippen LogP contribution in [-0.2, 0) is 4.79 Å². The monoisotopic (exact) mass is 106 g/mol. The van der Waals surface area contributed by atoms with E-state index in [-0.39, 0.29) is 11.7 Å². The molecule has 4 radical (unpaired) electrons. The van der Waals surface area contributed by atoms with Crippen molar-refractivity contribution in [2.75, 3.05) is 0 Å². The normalized spacial score (nSPS) is 9.75. The van der Waals surface area contributed by atoms with Gasteiger partial charge in [0.05, 0.1) is 15.7 Å². The first-order valence-electron chi connectivity index (χ1n) is 2.63. The maximum Gasteiger partial charge on any atom is 0.131 e. The Labute approximate surface area is 52.7 Å². The van der Waals surface area contributed by atoms with Crippen LogP contribution in [0.4, 0.5) is 0 Å². The topological polar surface area (TPSA) is 17.1 Å². The second kappa shape index (κ2) is 3.76. The van der Waals surface area contributed by atoms with Gasteiger partial charge in [0.25, 0.3) is 0 Å². The maximum absolute atomic E-state index is 10.4. The third kappa shape index (κ3) is 2.20. The second-order valence-corrected chi connectivity index (χ2v) is 1.78. The summed E-state index contributed by atoms with van der Waals surface area (Å²) in [5.41, 5.74) is 0. The molecule has 0 unspecified atom stereocenters. The van der Waals surface area contributed by atoms with Gasteiger partial charge in [-0.2, -0.15) is 0 Å². The van der Waals surface area contributed by atoms with E-state index in [1.165, 1.54) is 6.92 Å². The molecule has 0 rings (SSSR count). The molecular formula is C5H8B2O. The Morgan fingerprint density at radius 3 is 1.88 bits per heavy atom. The van der Waals surface area contributed by atoms with Crippen LogP contribution in [0.5, 0.6) is 0 Å². The molecule has 0 heterocycles. The van der Waals surface area contributed by atoms with Crippen LogP contribution in [0.15, 0.2) is 0 Å². The minimum absolute atomic E-state index is 0.0787. The van der Waals surface area contributed by atoms with Crippen molar-refractivity contribution < 1.29 is 4.79 Å². The fourth-order valence-corrected chi connectivity index (χ4v) is 0.428. The van der Waals surface area contributed by atoms with Crippen LogP contribution in [0.3, 0.4) is 0 Å². The van der Waals surface area contributed by atoms with Crippen LogP contribution >= 0.6 is 0 Å². The van der Waals surface area contributed by atoms with Crippen molar-refractivity contribution in [3.8, 4) is 0 Å². The fourth-order valence-electron chi connectivity index (χ4n) is 0.428. The Hall–Kier alpha value is -0.200. The molecule has 0 bridgehead atoms. The van der Waals surface area contributed by atoms with Crippen LogP contribution < -0.4 is 0 Å². The summed E-state index contributed by atoms with van der Waals surface area (Å²) < 4.78 is 0. The maximum atomic E-state index is 10.4. The Bertz CT molecular complexity index is 78.5. The molecule has 3 heteroatoms. The molecule has 0 aromatic carbocycles. The number of carbonyl (C=O) groups is 1. The van der Waals surface area contributed by atoms with Crippen molar-refractivity contribution in [2.45, 2.75) is 19.6 Å². The van der Waals surface area contributed by atoms with Gasteiger partial charge in [0, 0.05) is 5.92 Å². The minimum Gasteiger partial charge on any atom is -0.300 e. The van der Waals surface area contributed by atoms with E-state index in [0.29, 0.717) is 12.6 Å². The lowest BCUT2D eigenvalue weighted by Gasteiger charge is -2.05. The quantitative estimate of drug-likeness (QED) is 0.474. The van der Waals surface area contributed by atoms with Crippen molar-refractivity contribution in [1.29, 1.82) is 0 Å². The predicted octanol–water partition coefficient (Wildman–Crippen LogP) is 0.365. The smallest absolute Gasteiger partial charge is 0.131 e. The molecule has 0 aromatic rings. The number of hydrogen-bond acceptors (Lipinski definition) is 1. The number of hydrogen-bond donors (Lipinski definition) is 0. The molecule has 0 aliphatic heterocycles. The molecule has 0 aliphatic rings. The molecule has 40 valence electrons. The van der Waals surface area contributed by atoms with E-state index >= 15 is 0 Å². The summed E-state index contributed by atoms with van der Waals surface area (Å²) >= 11 is 0. The molecular weight excluding hydrogens is 97.7 g/mol. The van der Waals surface area contributed by atoms with Gasteiger partial charge in [-0.05, 0) is 6.92 Å². The summed E-state index contributed by atoms with van der Waals surface area (Å²) in [6, 6.07) is 0. The Morgan fingerprint density at radius 2 is 1.88 bits per heavy atom. The highest BCUT2D eigenvalue weighted by atomic mass is 16.1. The van der Waals surface area contributed by atoms with Gasteiger partial charge in [-0.1, -0.05) is 12.6 Å². The largest absolute Gasteiger partial charge is 0.300 e. The summed E-state index contributed by atoms with van der Waals surface area (Å²) in [7, 11) is 10.4. The molecule has 8 heavy (non-hydrogen) atoms. The van der Waals surface area contributed by atoms with Gasteiger partial charge in [-0.25, -0.2) is 0 Å². The predicted molar refractivity (Wildman–Crippen MR) is 35.3 cm³/mol. The van der Waals surface area contributed by atoms with E-state index in [9.17, 15) is 4.79 Å². The number of rotatable bonds is 3. The average molecular weight is 106 g/mol. The first-order valence-corrected chi connectivity index (χ1v) is 2.63. The van der Waals surface area contributed by atoms with Gasteiger partial charge in [0.15, 0.2) is 0 Å². The van der Waals surface area contributed by atoms with E-state index in [2.05, 4.69) is 0 Å². The van der Waals surface area contributed by atoms with Crippen LogP contribution in [0.2, 0.25) is 12.6 Å². The van der Waals surface area contributed by atoms with Gasteiger partial charge in [0.1, 0.15) is 5.78 Å². The van der Waals surface area contributed by atoms with E-state index in [0.717, 1.165) is 0 Å². The zero-order valence-electron chi connectivity index (χ0n) is 5.05. The SMILES string of the molecule is [B]CC(C[B])C(C)=O. The lowest BCUT2D eigenvalue weighted by Crippen LogP contribution is -2.08. The van der Waals surface area contributed by atoms with Crippen LogP contribution in [0, 0.1) is 5.92 Å². The molecule has 0 aromatic heterocycles. The zero-order valence-corrected chi connectivity index (χ0v) is 5.05. The molecule has 0 aliphatic carbocycles. The van der Waals surface area contributed by atoms with E-state index in [4.69, 9.17) is 15.7 Å². The first kappa shape index (κ1) is 7.80. The fraction of sp³-hybridized carbons (Fsp3) is 0.800. The van der Waals surface area contributed by atoms with E-state index < -0.39 is 0 Å². The van der Waals surface area contributed by atoms with Crippen molar-refractivity contribution in [3.05, 3.63) is 0 Å². The second-order valence-electron chi connectivity index (χ2n) is 1.78. The summed E-state index contributed by atoms with van der Waals surface area (Å²) in [6.45, 7) is 1.50. The van der Waals surface area contributed by atoms with Crippen molar-refractivity contribution >= 4 is 21.5 Å². The highest BCUT2D eigenvalue weighted by Crippen LogP contribution is 2.05. The van der Waals surface area contributed by atoms with Crippen molar-refractivity contribution in [1.82, 2.24) is 0 Å². The van der Waals surface area contributed by atoms with E-state index in [1.807, 2.05) is 0 Å². The van der Waals surface area contributed by atoms with Crippen molar-refractivity contribution in [2.24, 2.45) is 5.92 Å².